The highest BCUT2D eigenvalue weighted by Gasteiger charge is 2.42. The summed E-state index contributed by atoms with van der Waals surface area (Å²) < 4.78 is 103. The molecule has 0 saturated carbocycles. The number of carbonyl (C=O) groups excluding carboxylic acids is 2. The van der Waals surface area contributed by atoms with Crippen molar-refractivity contribution in [2.75, 3.05) is 82.8 Å². The molecule has 4 atom stereocenters. The molecule has 3 fully saturated rings. The minimum atomic E-state index is -4.51. The van der Waals surface area contributed by atoms with Gasteiger partial charge in [0.15, 0.2) is 29.1 Å². The van der Waals surface area contributed by atoms with Crippen LogP contribution in [0.1, 0.15) is 62.0 Å². The van der Waals surface area contributed by atoms with Crippen molar-refractivity contribution in [3.05, 3.63) is 108 Å². The number of hydrogen-bond donors (Lipinski definition) is 4. The van der Waals surface area contributed by atoms with E-state index in [0.29, 0.717) is 78.0 Å². The van der Waals surface area contributed by atoms with E-state index in [1.165, 1.54) is 42.7 Å². The number of anilines is 6. The second-order valence-electron chi connectivity index (χ2n) is 20.5. The Kier molecular flexibility index (Phi) is 15.9. The number of nitrogens with one attached hydrogen (secondary N) is 2. The van der Waals surface area contributed by atoms with E-state index in [1.54, 1.807) is 41.8 Å². The molecule has 26 heteroatoms. The van der Waals surface area contributed by atoms with Crippen molar-refractivity contribution in [2.24, 2.45) is 0 Å². The smallest absolute Gasteiger partial charge is 0.416 e. The van der Waals surface area contributed by atoms with Crippen LogP contribution in [0.15, 0.2) is 85.2 Å². The first-order chi connectivity index (χ1) is 38.6. The Morgan fingerprint density at radius 1 is 0.716 bits per heavy atom. The minimum Gasteiger partial charge on any atom is -0.489 e. The topological polar surface area (TPSA) is 226 Å². The van der Waals surface area contributed by atoms with Gasteiger partial charge in [0.1, 0.15) is 59.9 Å². The summed E-state index contributed by atoms with van der Waals surface area (Å²) in [5.74, 6) is 1.71. The normalized spacial score (nSPS) is 19.4. The molecule has 5 aliphatic heterocycles. The number of alkyl halides is 6. The third-order valence-electron chi connectivity index (χ3n) is 14.1. The maximum absolute atomic E-state index is 13.7. The Balaban J connectivity index is 0.000000182. The van der Waals surface area contributed by atoms with Crippen LogP contribution in [0.5, 0.6) is 11.5 Å². The third kappa shape index (κ3) is 12.7. The quantitative estimate of drug-likeness (QED) is 0.0888. The summed E-state index contributed by atoms with van der Waals surface area (Å²) in [5, 5.41) is 23.9. The number of aliphatic hydroxyl groups is 2. The zero-order chi connectivity index (χ0) is 57.4. The molecule has 2 aromatic carbocycles. The summed E-state index contributed by atoms with van der Waals surface area (Å²) in [4.78, 5) is 61.5. The molecule has 428 valence electrons. The van der Waals surface area contributed by atoms with Crippen LogP contribution in [0.4, 0.5) is 70.6 Å². The van der Waals surface area contributed by atoms with Crippen molar-refractivity contribution in [3.8, 4) is 34.3 Å². The minimum absolute atomic E-state index is 0.0982. The Morgan fingerprint density at radius 3 is 1.62 bits per heavy atom. The first kappa shape index (κ1) is 56.3. The van der Waals surface area contributed by atoms with Crippen molar-refractivity contribution in [3.63, 3.8) is 0 Å². The summed E-state index contributed by atoms with van der Waals surface area (Å²) in [6, 6.07) is 14.9. The van der Waals surface area contributed by atoms with E-state index in [1.807, 2.05) is 13.8 Å². The standard InChI is InChI=1S/C29H31F3N6O4.C26H27F3N6O4/c1-17-24-26(36-25(34-17)18-6-4-7-19(12-18)29(30,31)32)38(20-8-5-11-37(24)14-20)27(39)35-23-10-9-21(13-33-23)40-15-22-16-41-28(2,3)42-22;1-15-22-24(33-23(31-15)16-4-2-5-17(10-16)26(27,28)29)35(18-6-3-9-34(22)12-18)25(38)32-21-8-7-20(11-30-21)39-14-19(37)13-36/h4,6-7,9-10,12-13,20,22H,5,8,11,14-16H2,1-3H3,(H,33,35,39);2,4-5,7-8,10-11,18-19,36-37H,3,6,9,12-14H2,1H3,(H,30,32,38)/t20-,22-;18-,19+/m00/s1. The highest BCUT2D eigenvalue weighted by Crippen LogP contribution is 2.44. The molecule has 4 N–H and O–H groups in total. The van der Waals surface area contributed by atoms with Gasteiger partial charge in [-0.3, -0.25) is 20.4 Å². The second kappa shape index (κ2) is 22.9. The molecule has 9 heterocycles. The molecule has 4 bridgehead atoms. The van der Waals surface area contributed by atoms with E-state index in [9.17, 15) is 41.0 Å². The molecule has 11 rings (SSSR count). The van der Waals surface area contributed by atoms with E-state index in [2.05, 4.69) is 50.3 Å². The predicted molar refractivity (Wildman–Crippen MR) is 285 cm³/mol. The zero-order valence-corrected chi connectivity index (χ0v) is 44.5. The zero-order valence-electron chi connectivity index (χ0n) is 44.5. The van der Waals surface area contributed by atoms with Gasteiger partial charge in [-0.2, -0.15) is 26.3 Å². The number of nitrogens with zero attached hydrogens (tertiary/aromatic N) is 10. The lowest BCUT2D eigenvalue weighted by Gasteiger charge is -2.46. The number of halogens is 6. The van der Waals surface area contributed by atoms with E-state index in [-0.39, 0.29) is 53.4 Å². The van der Waals surface area contributed by atoms with Gasteiger partial charge in [0.05, 0.1) is 60.2 Å². The van der Waals surface area contributed by atoms with Crippen LogP contribution in [0, 0.1) is 13.8 Å². The maximum atomic E-state index is 13.7. The molecule has 0 spiro atoms. The number of urea groups is 2. The monoisotopic (exact) mass is 1130 g/mol. The molecule has 0 radical (unpaired) electrons. The highest BCUT2D eigenvalue weighted by atomic mass is 19.4. The molecule has 0 aliphatic carbocycles. The van der Waals surface area contributed by atoms with Crippen molar-refractivity contribution in [1.29, 1.82) is 0 Å². The Bertz CT molecular complexity index is 3270. The van der Waals surface area contributed by atoms with Crippen molar-refractivity contribution in [2.45, 2.75) is 95.8 Å². The number of hydrogen-bond acceptors (Lipinski definition) is 16. The number of carbonyl (C=O) groups is 2. The van der Waals surface area contributed by atoms with Gasteiger partial charge in [0.2, 0.25) is 0 Å². The van der Waals surface area contributed by atoms with Crippen LogP contribution in [-0.2, 0) is 21.8 Å². The number of benzene rings is 2. The maximum Gasteiger partial charge on any atom is 0.416 e. The number of fused-ring (bicyclic) bond motifs is 8. The summed E-state index contributed by atoms with van der Waals surface area (Å²) >= 11 is 0. The Hall–Kier alpha value is -7.94. The number of ether oxygens (including phenoxy) is 4. The second-order valence-corrected chi connectivity index (χ2v) is 20.5. The summed E-state index contributed by atoms with van der Waals surface area (Å²) in [6.45, 7) is 10.2. The Labute approximate surface area is 461 Å². The molecule has 81 heavy (non-hydrogen) atoms. The largest absolute Gasteiger partial charge is 0.489 e. The Morgan fingerprint density at radius 2 is 1.20 bits per heavy atom. The van der Waals surface area contributed by atoms with Gasteiger partial charge in [-0.25, -0.2) is 39.5 Å². The van der Waals surface area contributed by atoms with E-state index < -0.39 is 54.0 Å². The first-order valence-corrected chi connectivity index (χ1v) is 26.2. The fourth-order valence-electron chi connectivity index (χ4n) is 10.4. The van der Waals surface area contributed by atoms with Crippen molar-refractivity contribution in [1.82, 2.24) is 29.9 Å². The van der Waals surface area contributed by atoms with E-state index in [4.69, 9.17) is 24.1 Å². The fraction of sp³-hybridized carbons (Fsp3) is 0.418. The van der Waals surface area contributed by atoms with Gasteiger partial charge in [-0.1, -0.05) is 24.3 Å². The van der Waals surface area contributed by atoms with Crippen LogP contribution >= 0.6 is 0 Å². The fourth-order valence-corrected chi connectivity index (χ4v) is 10.4. The molecular formula is C55H58F6N12O8. The van der Waals surface area contributed by atoms with Gasteiger partial charge in [-0.05, 0) is 102 Å². The van der Waals surface area contributed by atoms with Gasteiger partial charge in [-0.15, -0.1) is 0 Å². The lowest BCUT2D eigenvalue weighted by molar-refractivity contribution is -0.141. The van der Waals surface area contributed by atoms with Crippen LogP contribution in [0.25, 0.3) is 22.8 Å². The predicted octanol–water partition coefficient (Wildman–Crippen LogP) is 9.04. The summed E-state index contributed by atoms with van der Waals surface area (Å²) in [7, 11) is 0. The highest BCUT2D eigenvalue weighted by molar-refractivity contribution is 6.05. The summed E-state index contributed by atoms with van der Waals surface area (Å²) in [5.41, 5.74) is 1.35. The number of pyridine rings is 2. The number of piperidine rings is 2. The van der Waals surface area contributed by atoms with Crippen LogP contribution < -0.4 is 39.7 Å². The molecule has 5 aliphatic rings. The number of aryl methyl sites for hydroxylation is 2. The number of amides is 4. The van der Waals surface area contributed by atoms with Crippen LogP contribution in [0.3, 0.4) is 0 Å². The molecule has 4 amide bonds. The first-order valence-electron chi connectivity index (χ1n) is 26.2. The van der Waals surface area contributed by atoms with Crippen LogP contribution in [0.2, 0.25) is 0 Å². The van der Waals surface area contributed by atoms with Crippen molar-refractivity contribution >= 4 is 46.7 Å². The molecule has 20 nitrogen and oxygen atoms in total. The summed E-state index contributed by atoms with van der Waals surface area (Å²) in [6.07, 6.45) is -4.12. The van der Waals surface area contributed by atoms with Gasteiger partial charge < -0.3 is 39.0 Å². The average Bonchev–Trinajstić information content (AvgIpc) is 3.51. The van der Waals surface area contributed by atoms with Crippen molar-refractivity contribution < 1.29 is 65.1 Å². The number of aromatic nitrogens is 6. The molecule has 0 unspecified atom stereocenters. The van der Waals surface area contributed by atoms with E-state index in [0.717, 1.165) is 63.0 Å². The van der Waals surface area contributed by atoms with Gasteiger partial charge in [0.25, 0.3) is 0 Å². The van der Waals surface area contributed by atoms with Gasteiger partial charge in [0, 0.05) is 37.3 Å². The van der Waals surface area contributed by atoms with E-state index >= 15 is 0 Å². The lowest BCUT2D eigenvalue weighted by atomic mass is 9.99. The third-order valence-corrected chi connectivity index (χ3v) is 14.1. The van der Waals surface area contributed by atoms with Crippen LogP contribution in [-0.4, -0.2) is 135 Å². The molecule has 3 saturated heterocycles. The molecule has 4 aromatic heterocycles. The number of rotatable bonds is 11. The number of aliphatic hydroxyl groups excluding tert-OH is 2. The average molecular weight is 1130 g/mol. The lowest BCUT2D eigenvalue weighted by Crippen LogP contribution is -2.56. The SMILES string of the molecule is Cc1nc(-c2cccc(C(F)(F)F)c2)nc2c1N1CCC[C@@H](C1)N2C(=O)Nc1ccc(OC[C@H](O)CO)cn1.Cc1nc(-c2cccc(C(F)(F)F)c2)nc2c1N1CCC[C@@H](C1)N2C(=O)Nc1ccc(OC[C@H]2COC(C)(C)O2)cn1. The molecule has 6 aromatic rings. The van der Waals surface area contributed by atoms with Gasteiger partial charge >= 0.3 is 24.4 Å². The molecular weight excluding hydrogens is 1070 g/mol.